The SMILES string of the molecule is CC[C@H](O)Cn1cc(-c2cc(C#N)c3c(-c4cc(OC)c(C(=O)NCC5(F)CC5)c(OC(F)F)c4)n(C)nc3c2)cn1. The summed E-state index contributed by atoms with van der Waals surface area (Å²) in [6.45, 7) is -1.32. The zero-order valence-electron chi connectivity index (χ0n) is 23.2. The van der Waals surface area contributed by atoms with E-state index < -0.39 is 30.0 Å². The van der Waals surface area contributed by atoms with Crippen molar-refractivity contribution in [1.29, 1.82) is 5.26 Å². The molecule has 10 nitrogen and oxygen atoms in total. The number of rotatable bonds is 11. The van der Waals surface area contributed by atoms with Crippen LogP contribution in [0.25, 0.3) is 33.3 Å². The highest BCUT2D eigenvalue weighted by atomic mass is 19.3. The van der Waals surface area contributed by atoms with E-state index in [1.54, 1.807) is 36.3 Å². The van der Waals surface area contributed by atoms with E-state index >= 15 is 0 Å². The van der Waals surface area contributed by atoms with Crippen molar-refractivity contribution in [3.05, 3.63) is 47.8 Å². The van der Waals surface area contributed by atoms with Gasteiger partial charge in [-0.25, -0.2) is 4.39 Å². The van der Waals surface area contributed by atoms with Gasteiger partial charge in [0.1, 0.15) is 22.7 Å². The Morgan fingerprint density at radius 2 is 1.95 bits per heavy atom. The van der Waals surface area contributed by atoms with Gasteiger partial charge in [-0.15, -0.1) is 0 Å². The number of aryl methyl sites for hydroxylation is 1. The lowest BCUT2D eigenvalue weighted by Gasteiger charge is -2.17. The van der Waals surface area contributed by atoms with Gasteiger partial charge in [-0.05, 0) is 49.1 Å². The summed E-state index contributed by atoms with van der Waals surface area (Å²) in [5.74, 6) is -1.36. The molecule has 0 saturated heterocycles. The molecule has 2 aromatic carbocycles. The van der Waals surface area contributed by atoms with E-state index in [0.717, 1.165) is 5.56 Å². The molecule has 2 N–H and O–H groups in total. The number of carbonyl (C=O) groups is 1. The number of aromatic nitrogens is 4. The van der Waals surface area contributed by atoms with Gasteiger partial charge in [-0.3, -0.25) is 14.2 Å². The molecule has 0 aliphatic heterocycles. The van der Waals surface area contributed by atoms with Crippen molar-refractivity contribution in [2.45, 2.75) is 51.1 Å². The minimum Gasteiger partial charge on any atom is -0.496 e. The Labute approximate surface area is 239 Å². The van der Waals surface area contributed by atoms with Crippen LogP contribution in [-0.4, -0.2) is 62.6 Å². The summed E-state index contributed by atoms with van der Waals surface area (Å²) >= 11 is 0. The second-order valence-electron chi connectivity index (χ2n) is 10.3. The maximum atomic E-state index is 14.1. The number of nitriles is 1. The molecule has 0 radical (unpaired) electrons. The number of nitrogens with zero attached hydrogens (tertiary/aromatic N) is 5. The lowest BCUT2D eigenvalue weighted by atomic mass is 9.97. The van der Waals surface area contributed by atoms with Gasteiger partial charge in [0, 0.05) is 29.8 Å². The van der Waals surface area contributed by atoms with E-state index in [1.165, 1.54) is 23.9 Å². The van der Waals surface area contributed by atoms with Crippen LogP contribution in [-0.2, 0) is 13.6 Å². The van der Waals surface area contributed by atoms with Crippen molar-refractivity contribution in [3.8, 4) is 40.0 Å². The Balaban J connectivity index is 1.59. The number of amides is 1. The Kier molecular flexibility index (Phi) is 7.83. The number of benzene rings is 2. The highest BCUT2D eigenvalue weighted by Crippen LogP contribution is 2.41. The molecule has 1 atom stereocenters. The summed E-state index contributed by atoms with van der Waals surface area (Å²) in [5, 5.41) is 31.8. The molecule has 1 amide bonds. The molecule has 0 bridgehead atoms. The maximum absolute atomic E-state index is 14.1. The summed E-state index contributed by atoms with van der Waals surface area (Å²) in [5.41, 5.74) is 1.02. The molecular formula is C29H29F3N6O4. The van der Waals surface area contributed by atoms with Crippen LogP contribution < -0.4 is 14.8 Å². The molecule has 5 rings (SSSR count). The molecule has 4 aromatic rings. The fraction of sp³-hybridized carbons (Fsp3) is 0.379. The number of methoxy groups -OCH3 is 1. The number of ether oxygens (including phenoxy) is 2. The van der Waals surface area contributed by atoms with Crippen molar-refractivity contribution >= 4 is 16.8 Å². The summed E-state index contributed by atoms with van der Waals surface area (Å²) in [4.78, 5) is 13.0. The van der Waals surface area contributed by atoms with Gasteiger partial charge in [0.2, 0.25) is 0 Å². The normalized spacial score (nSPS) is 14.5. The number of hydrogen-bond acceptors (Lipinski definition) is 7. The van der Waals surface area contributed by atoms with Crippen LogP contribution in [0, 0.1) is 11.3 Å². The summed E-state index contributed by atoms with van der Waals surface area (Å²) in [7, 11) is 2.91. The smallest absolute Gasteiger partial charge is 0.387 e. The average Bonchev–Trinajstić information content (AvgIpc) is 3.35. The minimum absolute atomic E-state index is 0.0736. The van der Waals surface area contributed by atoms with Crippen LogP contribution in [0.4, 0.5) is 13.2 Å². The molecule has 42 heavy (non-hydrogen) atoms. The fourth-order valence-corrected chi connectivity index (χ4v) is 4.81. The summed E-state index contributed by atoms with van der Waals surface area (Å²) < 4.78 is 54.3. The van der Waals surface area contributed by atoms with Crippen molar-refractivity contribution in [2.75, 3.05) is 13.7 Å². The van der Waals surface area contributed by atoms with Gasteiger partial charge >= 0.3 is 6.61 Å². The van der Waals surface area contributed by atoms with Crippen LogP contribution in [0.2, 0.25) is 0 Å². The number of halogens is 3. The second kappa shape index (κ2) is 11.4. The zero-order valence-corrected chi connectivity index (χ0v) is 23.2. The molecule has 0 spiro atoms. The van der Waals surface area contributed by atoms with Crippen LogP contribution in [0.5, 0.6) is 11.5 Å². The van der Waals surface area contributed by atoms with E-state index in [4.69, 9.17) is 9.47 Å². The second-order valence-corrected chi connectivity index (χ2v) is 10.3. The molecule has 220 valence electrons. The van der Waals surface area contributed by atoms with Crippen molar-refractivity contribution < 1.29 is 32.5 Å². The molecule has 0 unspecified atom stereocenters. The first-order valence-electron chi connectivity index (χ1n) is 13.3. The van der Waals surface area contributed by atoms with E-state index in [9.17, 15) is 28.3 Å². The van der Waals surface area contributed by atoms with E-state index in [2.05, 4.69) is 21.6 Å². The van der Waals surface area contributed by atoms with Gasteiger partial charge < -0.3 is 19.9 Å². The average molecular weight is 583 g/mol. The topological polar surface area (TPSA) is 127 Å². The Bertz CT molecular complexity index is 1690. The van der Waals surface area contributed by atoms with Crippen molar-refractivity contribution in [3.63, 3.8) is 0 Å². The third-order valence-corrected chi connectivity index (χ3v) is 7.25. The number of nitrogens with one attached hydrogen (secondary N) is 1. The number of fused-ring (bicyclic) bond motifs is 1. The van der Waals surface area contributed by atoms with Gasteiger partial charge in [-0.2, -0.15) is 24.2 Å². The van der Waals surface area contributed by atoms with E-state index in [-0.39, 0.29) is 23.4 Å². The third kappa shape index (κ3) is 5.75. The van der Waals surface area contributed by atoms with Crippen LogP contribution in [0.3, 0.4) is 0 Å². The first-order chi connectivity index (χ1) is 20.1. The zero-order chi connectivity index (χ0) is 30.2. The molecule has 1 saturated carbocycles. The first kappa shape index (κ1) is 28.9. The van der Waals surface area contributed by atoms with Crippen LogP contribution in [0.1, 0.15) is 42.1 Å². The minimum atomic E-state index is -3.26. The predicted octanol–water partition coefficient (Wildman–Crippen LogP) is 4.59. The van der Waals surface area contributed by atoms with E-state index in [1.807, 2.05) is 6.92 Å². The molecule has 1 aliphatic rings. The number of hydrogen-bond donors (Lipinski definition) is 2. The molecule has 13 heteroatoms. The molecule has 1 aliphatic carbocycles. The van der Waals surface area contributed by atoms with Crippen molar-refractivity contribution in [1.82, 2.24) is 24.9 Å². The number of aliphatic hydroxyl groups excluding tert-OH is 1. The Morgan fingerprint density at radius 3 is 2.60 bits per heavy atom. The molecule has 1 fully saturated rings. The number of aliphatic hydroxyl groups is 1. The number of alkyl halides is 3. The van der Waals surface area contributed by atoms with Crippen LogP contribution in [0.15, 0.2) is 36.7 Å². The molecule has 2 aromatic heterocycles. The monoisotopic (exact) mass is 582 g/mol. The molecule has 2 heterocycles. The summed E-state index contributed by atoms with van der Waals surface area (Å²) in [6.07, 6.45) is 4.05. The first-order valence-corrected chi connectivity index (χ1v) is 13.3. The Morgan fingerprint density at radius 1 is 1.21 bits per heavy atom. The summed E-state index contributed by atoms with van der Waals surface area (Å²) in [6, 6.07) is 8.35. The van der Waals surface area contributed by atoms with Gasteiger partial charge in [0.25, 0.3) is 5.91 Å². The molecular weight excluding hydrogens is 553 g/mol. The standard InChI is InChI=1S/C29H29F3N6O4/c1-4-20(39)14-38-13-19(12-35-38)16-7-18(11-33)24-21(8-16)36-37(2)26(24)17-9-22(41-3)25(23(10-17)42-28(30)31)27(40)34-15-29(32)5-6-29/h7-10,12-13,20,28,39H,4-6,14-15H2,1-3H3,(H,34,40)/t20-/m0/s1. The van der Waals surface area contributed by atoms with Gasteiger partial charge in [0.05, 0.1) is 55.3 Å². The quantitative estimate of drug-likeness (QED) is 0.265. The third-order valence-electron chi connectivity index (χ3n) is 7.25. The maximum Gasteiger partial charge on any atom is 0.387 e. The fourth-order valence-electron chi connectivity index (χ4n) is 4.81. The lowest BCUT2D eigenvalue weighted by Crippen LogP contribution is -2.31. The van der Waals surface area contributed by atoms with Crippen molar-refractivity contribution in [2.24, 2.45) is 7.05 Å². The van der Waals surface area contributed by atoms with Gasteiger partial charge in [-0.1, -0.05) is 6.92 Å². The highest BCUT2D eigenvalue weighted by molar-refractivity contribution is 6.03. The van der Waals surface area contributed by atoms with Crippen LogP contribution >= 0.6 is 0 Å². The predicted molar refractivity (Wildman–Crippen MR) is 147 cm³/mol. The highest BCUT2D eigenvalue weighted by Gasteiger charge is 2.43. The lowest BCUT2D eigenvalue weighted by molar-refractivity contribution is -0.0502. The largest absolute Gasteiger partial charge is 0.496 e. The van der Waals surface area contributed by atoms with Gasteiger partial charge in [0.15, 0.2) is 0 Å². The van der Waals surface area contributed by atoms with E-state index in [0.29, 0.717) is 53.5 Å². The Hall–Kier alpha value is -4.57. The number of carbonyl (C=O) groups excluding carboxylic acids is 1.